The molecule has 0 amide bonds. The zero-order valence-electron chi connectivity index (χ0n) is 10.8. The number of nitrogens with zero attached hydrogens (tertiary/aromatic N) is 4. The summed E-state index contributed by atoms with van der Waals surface area (Å²) in [7, 11) is 0. The molecular formula is C12H19N5O2. The van der Waals surface area contributed by atoms with Gasteiger partial charge in [-0.25, -0.2) is 9.97 Å². The molecule has 104 valence electrons. The Bertz CT molecular complexity index is 406. The minimum absolute atomic E-state index is 0.483. The van der Waals surface area contributed by atoms with Crippen LogP contribution < -0.4 is 10.6 Å². The van der Waals surface area contributed by atoms with Gasteiger partial charge >= 0.3 is 5.97 Å². The summed E-state index contributed by atoms with van der Waals surface area (Å²) < 4.78 is 0. The first-order chi connectivity index (χ1) is 9.16. The molecule has 1 unspecified atom stereocenters. The van der Waals surface area contributed by atoms with Crippen molar-refractivity contribution in [1.82, 2.24) is 14.9 Å². The molecule has 0 bridgehead atoms. The zero-order valence-corrected chi connectivity index (χ0v) is 10.8. The van der Waals surface area contributed by atoms with Gasteiger partial charge in [0.1, 0.15) is 6.04 Å². The van der Waals surface area contributed by atoms with E-state index in [1.165, 1.54) is 0 Å². The van der Waals surface area contributed by atoms with Gasteiger partial charge in [0.2, 0.25) is 5.95 Å². The van der Waals surface area contributed by atoms with Crippen molar-refractivity contribution in [1.29, 1.82) is 0 Å². The van der Waals surface area contributed by atoms with Crippen LogP contribution in [0.5, 0.6) is 0 Å². The molecule has 0 aromatic carbocycles. The van der Waals surface area contributed by atoms with Crippen molar-refractivity contribution < 1.29 is 9.90 Å². The lowest BCUT2D eigenvalue weighted by molar-refractivity contribution is -0.138. The van der Waals surface area contributed by atoms with Crippen molar-refractivity contribution in [3.8, 4) is 0 Å². The van der Waals surface area contributed by atoms with Crippen LogP contribution in [0.2, 0.25) is 0 Å². The van der Waals surface area contributed by atoms with Gasteiger partial charge in [-0.2, -0.15) is 0 Å². The van der Waals surface area contributed by atoms with Crippen molar-refractivity contribution >= 4 is 11.9 Å². The van der Waals surface area contributed by atoms with Crippen LogP contribution in [-0.4, -0.2) is 64.7 Å². The predicted octanol–water partition coefficient (Wildman–Crippen LogP) is -0.599. The van der Waals surface area contributed by atoms with Crippen LogP contribution in [0, 0.1) is 0 Å². The third-order valence-electron chi connectivity index (χ3n) is 3.28. The summed E-state index contributed by atoms with van der Waals surface area (Å²) in [6.45, 7) is 4.19. The molecule has 7 nitrogen and oxygen atoms in total. The molecule has 1 aromatic heterocycles. The number of hydrogen-bond acceptors (Lipinski definition) is 6. The Morgan fingerprint density at radius 1 is 1.32 bits per heavy atom. The second kappa shape index (κ2) is 6.44. The highest BCUT2D eigenvalue weighted by Gasteiger charge is 2.20. The van der Waals surface area contributed by atoms with Gasteiger partial charge in [-0.3, -0.25) is 9.69 Å². The molecule has 1 fully saturated rings. The summed E-state index contributed by atoms with van der Waals surface area (Å²) in [4.78, 5) is 23.4. The Balaban J connectivity index is 1.75. The summed E-state index contributed by atoms with van der Waals surface area (Å²) in [5.41, 5.74) is 5.50. The lowest BCUT2D eigenvalue weighted by Gasteiger charge is -2.34. The summed E-state index contributed by atoms with van der Waals surface area (Å²) in [5.74, 6) is -0.180. The van der Waals surface area contributed by atoms with E-state index >= 15 is 0 Å². The molecule has 0 saturated carbocycles. The molecular weight excluding hydrogens is 246 g/mol. The number of rotatable bonds is 5. The zero-order chi connectivity index (χ0) is 13.7. The van der Waals surface area contributed by atoms with E-state index in [4.69, 9.17) is 10.8 Å². The van der Waals surface area contributed by atoms with Crippen molar-refractivity contribution in [3.63, 3.8) is 0 Å². The number of hydrogen-bond donors (Lipinski definition) is 2. The quantitative estimate of drug-likeness (QED) is 0.734. The number of carboxylic acid groups (broad SMARTS) is 1. The summed E-state index contributed by atoms with van der Waals surface area (Å²) in [5, 5.41) is 8.73. The number of aliphatic carboxylic acids is 1. The molecule has 7 heteroatoms. The van der Waals surface area contributed by atoms with Crippen molar-refractivity contribution in [2.75, 3.05) is 37.6 Å². The summed E-state index contributed by atoms with van der Waals surface area (Å²) in [6, 6.07) is 1.03. The van der Waals surface area contributed by atoms with E-state index in [1.807, 2.05) is 0 Å². The van der Waals surface area contributed by atoms with Crippen LogP contribution in [0.4, 0.5) is 5.95 Å². The van der Waals surface area contributed by atoms with E-state index in [-0.39, 0.29) is 0 Å². The highest BCUT2D eigenvalue weighted by Crippen LogP contribution is 2.09. The van der Waals surface area contributed by atoms with Gasteiger partial charge in [-0.05, 0) is 12.5 Å². The second-order valence-electron chi connectivity index (χ2n) is 4.61. The van der Waals surface area contributed by atoms with E-state index in [9.17, 15) is 4.79 Å². The number of aromatic nitrogens is 2. The van der Waals surface area contributed by atoms with E-state index < -0.39 is 12.0 Å². The Kier molecular flexibility index (Phi) is 4.64. The van der Waals surface area contributed by atoms with Gasteiger partial charge in [-0.1, -0.05) is 0 Å². The lowest BCUT2D eigenvalue weighted by atomic mass is 10.2. The van der Waals surface area contributed by atoms with Crippen LogP contribution in [-0.2, 0) is 4.79 Å². The number of carbonyl (C=O) groups is 1. The van der Waals surface area contributed by atoms with Crippen LogP contribution in [0.3, 0.4) is 0 Å². The maximum atomic E-state index is 10.6. The molecule has 1 aromatic rings. The minimum atomic E-state index is -0.934. The molecule has 0 aliphatic carbocycles. The second-order valence-corrected chi connectivity index (χ2v) is 4.61. The topological polar surface area (TPSA) is 95.6 Å². The van der Waals surface area contributed by atoms with Gasteiger partial charge in [0, 0.05) is 45.1 Å². The van der Waals surface area contributed by atoms with Crippen LogP contribution in [0.1, 0.15) is 6.42 Å². The first-order valence-electron chi connectivity index (χ1n) is 6.39. The SMILES string of the molecule is NC(CCN1CCN(c2ncccn2)CC1)C(=O)O. The van der Waals surface area contributed by atoms with E-state index in [1.54, 1.807) is 18.5 Å². The van der Waals surface area contributed by atoms with Crippen molar-refractivity contribution in [2.24, 2.45) is 5.73 Å². The molecule has 19 heavy (non-hydrogen) atoms. The molecule has 1 atom stereocenters. The Hall–Kier alpha value is -1.73. The smallest absolute Gasteiger partial charge is 0.320 e. The van der Waals surface area contributed by atoms with E-state index in [0.29, 0.717) is 6.42 Å². The van der Waals surface area contributed by atoms with Gasteiger partial charge in [-0.15, -0.1) is 0 Å². The third-order valence-corrected chi connectivity index (χ3v) is 3.28. The molecule has 0 radical (unpaired) electrons. The predicted molar refractivity (Wildman–Crippen MR) is 70.9 cm³/mol. The number of nitrogens with two attached hydrogens (primary N) is 1. The average molecular weight is 265 g/mol. The number of piperazine rings is 1. The third kappa shape index (κ3) is 3.87. The van der Waals surface area contributed by atoms with Crippen molar-refractivity contribution in [3.05, 3.63) is 18.5 Å². The maximum Gasteiger partial charge on any atom is 0.320 e. The molecule has 2 rings (SSSR count). The number of anilines is 1. The van der Waals surface area contributed by atoms with Gasteiger partial charge in [0.15, 0.2) is 0 Å². The first kappa shape index (κ1) is 13.7. The molecule has 2 heterocycles. The monoisotopic (exact) mass is 265 g/mol. The highest BCUT2D eigenvalue weighted by molar-refractivity contribution is 5.72. The molecule has 1 aliphatic heterocycles. The van der Waals surface area contributed by atoms with E-state index in [0.717, 1.165) is 38.7 Å². The fraction of sp³-hybridized carbons (Fsp3) is 0.583. The van der Waals surface area contributed by atoms with Gasteiger partial charge in [0.25, 0.3) is 0 Å². The van der Waals surface area contributed by atoms with E-state index in [2.05, 4.69) is 19.8 Å². The molecule has 3 N–H and O–H groups in total. The van der Waals surface area contributed by atoms with Gasteiger partial charge < -0.3 is 15.7 Å². The molecule has 0 spiro atoms. The fourth-order valence-electron chi connectivity index (χ4n) is 2.07. The molecule has 1 saturated heterocycles. The lowest BCUT2D eigenvalue weighted by Crippen LogP contribution is -2.48. The normalized spacial score (nSPS) is 18.3. The fourth-order valence-corrected chi connectivity index (χ4v) is 2.07. The first-order valence-corrected chi connectivity index (χ1v) is 6.39. The average Bonchev–Trinajstić information content (AvgIpc) is 2.46. The Morgan fingerprint density at radius 2 is 1.95 bits per heavy atom. The summed E-state index contributed by atoms with van der Waals surface area (Å²) >= 11 is 0. The van der Waals surface area contributed by atoms with Crippen LogP contribution in [0.15, 0.2) is 18.5 Å². The Labute approximate surface area is 112 Å². The standard InChI is InChI=1S/C12H19N5O2/c13-10(11(18)19)2-5-16-6-8-17(9-7-16)12-14-3-1-4-15-12/h1,3-4,10H,2,5-9,13H2,(H,18,19). The van der Waals surface area contributed by atoms with Crippen LogP contribution >= 0.6 is 0 Å². The Morgan fingerprint density at radius 3 is 2.53 bits per heavy atom. The van der Waals surface area contributed by atoms with Gasteiger partial charge in [0.05, 0.1) is 0 Å². The van der Waals surface area contributed by atoms with Crippen molar-refractivity contribution in [2.45, 2.75) is 12.5 Å². The maximum absolute atomic E-state index is 10.6. The molecule has 1 aliphatic rings. The largest absolute Gasteiger partial charge is 0.480 e. The highest BCUT2D eigenvalue weighted by atomic mass is 16.4. The number of carboxylic acids is 1. The van der Waals surface area contributed by atoms with Crippen LogP contribution in [0.25, 0.3) is 0 Å². The minimum Gasteiger partial charge on any atom is -0.480 e. The summed E-state index contributed by atoms with van der Waals surface area (Å²) in [6.07, 6.45) is 3.96.